The summed E-state index contributed by atoms with van der Waals surface area (Å²) in [6, 6.07) is 13.3. The van der Waals surface area contributed by atoms with E-state index in [0.717, 1.165) is 29.9 Å². The average Bonchev–Trinajstić information content (AvgIpc) is 3.12. The Balaban J connectivity index is 0.00000280. The van der Waals surface area contributed by atoms with Gasteiger partial charge in [-0.25, -0.2) is 4.99 Å². The quantitative estimate of drug-likeness (QED) is 0.364. The van der Waals surface area contributed by atoms with Gasteiger partial charge in [0.25, 0.3) is 0 Å². The first-order valence-electron chi connectivity index (χ1n) is 8.79. The Kier molecular flexibility index (Phi) is 7.91. The largest absolute Gasteiger partial charge is 0.493 e. The Bertz CT molecular complexity index is 840. The number of hydrogen-bond donors (Lipinski definition) is 2. The number of carbonyl (C=O) groups excluding carboxylic acids is 1. The van der Waals surface area contributed by atoms with E-state index in [0.29, 0.717) is 30.4 Å². The molecule has 0 radical (unpaired) electrons. The number of hydrogen-bond acceptors (Lipinski definition) is 4. The fraction of sp³-hybridized carbons (Fsp3) is 0.300. The van der Waals surface area contributed by atoms with Crippen LogP contribution in [0.25, 0.3) is 0 Å². The van der Waals surface area contributed by atoms with Gasteiger partial charge < -0.3 is 25.4 Å². The molecule has 8 heteroatoms. The Morgan fingerprint density at radius 2 is 1.86 bits per heavy atom. The van der Waals surface area contributed by atoms with E-state index in [1.165, 1.54) is 0 Å². The zero-order chi connectivity index (χ0) is 19.2. The summed E-state index contributed by atoms with van der Waals surface area (Å²) in [5.74, 6) is 1.75. The van der Waals surface area contributed by atoms with Crippen molar-refractivity contribution in [1.29, 1.82) is 0 Å². The minimum Gasteiger partial charge on any atom is -0.493 e. The van der Waals surface area contributed by atoms with Crippen molar-refractivity contribution in [2.45, 2.75) is 19.4 Å². The molecule has 0 aliphatic carbocycles. The SMILES string of the molecule is COc1ccc(NC(N)=NCc2ccc(N3CCCC3=O)cc2)cc1OC.I. The number of ether oxygens (including phenoxy) is 2. The molecule has 1 aliphatic rings. The normalized spacial score (nSPS) is 13.9. The van der Waals surface area contributed by atoms with Gasteiger partial charge in [-0.2, -0.15) is 0 Å². The maximum atomic E-state index is 11.8. The molecule has 1 fully saturated rings. The van der Waals surface area contributed by atoms with E-state index in [1.54, 1.807) is 26.4 Å². The molecule has 1 aliphatic heterocycles. The van der Waals surface area contributed by atoms with E-state index in [9.17, 15) is 4.79 Å². The first-order chi connectivity index (χ1) is 13.1. The zero-order valence-electron chi connectivity index (χ0n) is 16.0. The predicted octanol–water partition coefficient (Wildman–Crippen LogP) is 3.38. The van der Waals surface area contributed by atoms with Crippen molar-refractivity contribution in [3.05, 3.63) is 48.0 Å². The number of anilines is 2. The number of amides is 1. The number of nitrogens with two attached hydrogens (primary N) is 1. The summed E-state index contributed by atoms with van der Waals surface area (Å²) in [6.45, 7) is 1.23. The number of nitrogens with one attached hydrogen (secondary N) is 1. The molecule has 0 saturated carbocycles. The van der Waals surface area contributed by atoms with Crippen molar-refractivity contribution in [3.63, 3.8) is 0 Å². The van der Waals surface area contributed by atoms with E-state index >= 15 is 0 Å². The van der Waals surface area contributed by atoms with Crippen LogP contribution in [-0.4, -0.2) is 32.6 Å². The van der Waals surface area contributed by atoms with Gasteiger partial charge in [0.15, 0.2) is 17.5 Å². The van der Waals surface area contributed by atoms with Crippen LogP contribution in [0, 0.1) is 0 Å². The molecule has 2 aromatic carbocycles. The zero-order valence-corrected chi connectivity index (χ0v) is 18.3. The number of methoxy groups -OCH3 is 2. The summed E-state index contributed by atoms with van der Waals surface area (Å²) in [7, 11) is 3.17. The smallest absolute Gasteiger partial charge is 0.227 e. The number of aliphatic imine (C=N–C) groups is 1. The highest BCUT2D eigenvalue weighted by Gasteiger charge is 2.21. The van der Waals surface area contributed by atoms with Gasteiger partial charge in [-0.05, 0) is 36.2 Å². The van der Waals surface area contributed by atoms with E-state index in [4.69, 9.17) is 15.2 Å². The number of benzene rings is 2. The molecule has 1 heterocycles. The third-order valence-corrected chi connectivity index (χ3v) is 4.41. The van der Waals surface area contributed by atoms with Crippen LogP contribution in [0.15, 0.2) is 47.5 Å². The van der Waals surface area contributed by atoms with Crippen LogP contribution < -0.4 is 25.4 Å². The van der Waals surface area contributed by atoms with Crippen LogP contribution in [-0.2, 0) is 11.3 Å². The van der Waals surface area contributed by atoms with Crippen LogP contribution in [0.2, 0.25) is 0 Å². The molecule has 2 aromatic rings. The topological polar surface area (TPSA) is 89.2 Å². The lowest BCUT2D eigenvalue weighted by Gasteiger charge is -2.15. The van der Waals surface area contributed by atoms with Gasteiger partial charge in [0.05, 0.1) is 20.8 Å². The average molecular weight is 496 g/mol. The summed E-state index contributed by atoms with van der Waals surface area (Å²) < 4.78 is 10.5. The highest BCUT2D eigenvalue weighted by Crippen LogP contribution is 2.29. The first kappa shape index (κ1) is 21.8. The maximum Gasteiger partial charge on any atom is 0.227 e. The van der Waals surface area contributed by atoms with Crippen LogP contribution >= 0.6 is 24.0 Å². The molecule has 28 heavy (non-hydrogen) atoms. The van der Waals surface area contributed by atoms with E-state index in [2.05, 4.69) is 10.3 Å². The van der Waals surface area contributed by atoms with Gasteiger partial charge in [0.2, 0.25) is 5.91 Å². The third-order valence-electron chi connectivity index (χ3n) is 4.41. The van der Waals surface area contributed by atoms with E-state index in [1.807, 2.05) is 35.2 Å². The number of halogens is 1. The van der Waals surface area contributed by atoms with Gasteiger partial charge >= 0.3 is 0 Å². The number of carbonyl (C=O) groups is 1. The second kappa shape index (κ2) is 10.2. The van der Waals surface area contributed by atoms with Crippen molar-refractivity contribution < 1.29 is 14.3 Å². The standard InChI is InChI=1S/C20H24N4O3.HI/c1-26-17-10-7-15(12-18(17)27-2)23-20(21)22-13-14-5-8-16(9-6-14)24-11-3-4-19(24)25;/h5-10,12H,3-4,11,13H2,1-2H3,(H3,21,22,23);1H. The van der Waals surface area contributed by atoms with Crippen LogP contribution in [0.3, 0.4) is 0 Å². The Labute approximate surface area is 181 Å². The van der Waals surface area contributed by atoms with Crippen LogP contribution in [0.5, 0.6) is 11.5 Å². The van der Waals surface area contributed by atoms with Crippen LogP contribution in [0.1, 0.15) is 18.4 Å². The van der Waals surface area contributed by atoms with Crippen molar-refractivity contribution in [1.82, 2.24) is 0 Å². The maximum absolute atomic E-state index is 11.8. The highest BCUT2D eigenvalue weighted by atomic mass is 127. The van der Waals surface area contributed by atoms with Crippen molar-refractivity contribution in [2.24, 2.45) is 10.7 Å². The summed E-state index contributed by atoms with van der Waals surface area (Å²) in [6.07, 6.45) is 1.55. The molecule has 150 valence electrons. The summed E-state index contributed by atoms with van der Waals surface area (Å²) in [5.41, 5.74) is 8.69. The Hall–Kier alpha value is -2.49. The lowest BCUT2D eigenvalue weighted by molar-refractivity contribution is -0.117. The number of rotatable bonds is 6. The third kappa shape index (κ3) is 5.28. The van der Waals surface area contributed by atoms with Crippen LogP contribution in [0.4, 0.5) is 11.4 Å². The van der Waals surface area contributed by atoms with Gasteiger partial charge in [0.1, 0.15) is 0 Å². The fourth-order valence-electron chi connectivity index (χ4n) is 2.98. The van der Waals surface area contributed by atoms with Gasteiger partial charge in [-0.3, -0.25) is 4.79 Å². The summed E-state index contributed by atoms with van der Waals surface area (Å²) in [5, 5.41) is 3.04. The highest BCUT2D eigenvalue weighted by molar-refractivity contribution is 14.0. The monoisotopic (exact) mass is 496 g/mol. The fourth-order valence-corrected chi connectivity index (χ4v) is 2.98. The molecule has 1 saturated heterocycles. The van der Waals surface area contributed by atoms with Gasteiger partial charge in [0, 0.05) is 30.4 Å². The lowest BCUT2D eigenvalue weighted by atomic mass is 10.2. The van der Waals surface area contributed by atoms with Crippen molar-refractivity contribution in [2.75, 3.05) is 31.0 Å². The van der Waals surface area contributed by atoms with E-state index < -0.39 is 0 Å². The summed E-state index contributed by atoms with van der Waals surface area (Å²) in [4.78, 5) is 18.0. The molecule has 3 rings (SSSR count). The molecule has 1 amide bonds. The molecule has 0 unspecified atom stereocenters. The Morgan fingerprint density at radius 3 is 2.46 bits per heavy atom. The van der Waals surface area contributed by atoms with Gasteiger partial charge in [-0.15, -0.1) is 24.0 Å². The minimum atomic E-state index is 0. The summed E-state index contributed by atoms with van der Waals surface area (Å²) >= 11 is 0. The molecule has 7 nitrogen and oxygen atoms in total. The Morgan fingerprint density at radius 1 is 1.14 bits per heavy atom. The second-order valence-corrected chi connectivity index (χ2v) is 6.21. The predicted molar refractivity (Wildman–Crippen MR) is 122 cm³/mol. The minimum absolute atomic E-state index is 0. The first-order valence-corrected chi connectivity index (χ1v) is 8.79. The molecular weight excluding hydrogens is 471 g/mol. The number of nitrogens with zero attached hydrogens (tertiary/aromatic N) is 2. The number of guanidine groups is 1. The van der Waals surface area contributed by atoms with Gasteiger partial charge in [-0.1, -0.05) is 12.1 Å². The molecular formula is C20H25IN4O3. The molecule has 0 bridgehead atoms. The molecule has 0 atom stereocenters. The second-order valence-electron chi connectivity index (χ2n) is 6.21. The molecule has 0 spiro atoms. The van der Waals surface area contributed by atoms with Crippen molar-refractivity contribution in [3.8, 4) is 11.5 Å². The van der Waals surface area contributed by atoms with Crippen molar-refractivity contribution >= 4 is 47.2 Å². The molecule has 0 aromatic heterocycles. The molecule has 3 N–H and O–H groups in total. The lowest BCUT2D eigenvalue weighted by Crippen LogP contribution is -2.23. The van der Waals surface area contributed by atoms with E-state index in [-0.39, 0.29) is 29.9 Å².